The van der Waals surface area contributed by atoms with Crippen LogP contribution in [0.3, 0.4) is 0 Å². The first-order valence-corrected chi connectivity index (χ1v) is 7.84. The van der Waals surface area contributed by atoms with Crippen LogP contribution < -0.4 is 10.1 Å². The second kappa shape index (κ2) is 8.17. The highest BCUT2D eigenvalue weighted by Crippen LogP contribution is 2.22. The molecule has 1 N–H and O–H groups in total. The maximum Gasteiger partial charge on any atom is 0.221 e. The van der Waals surface area contributed by atoms with E-state index in [0.29, 0.717) is 24.6 Å². The van der Waals surface area contributed by atoms with E-state index in [1.165, 1.54) is 0 Å². The highest BCUT2D eigenvalue weighted by molar-refractivity contribution is 5.48. The fourth-order valence-corrected chi connectivity index (χ4v) is 2.44. The summed E-state index contributed by atoms with van der Waals surface area (Å²) in [6.07, 6.45) is 0.801. The van der Waals surface area contributed by atoms with Gasteiger partial charge in [0, 0.05) is 32.1 Å². The standard InChI is InChI=1S/C16H30N4O/c1-8-14-18-15(17-7)13(6)16(19-14)21-10-9-20(11(2)3)12(4)5/h11-12H,8-10H2,1-7H3,(H,17,18,19). The second-order valence-corrected chi connectivity index (χ2v) is 5.80. The normalized spacial score (nSPS) is 11.5. The lowest BCUT2D eigenvalue weighted by Crippen LogP contribution is -2.39. The van der Waals surface area contributed by atoms with Crippen molar-refractivity contribution < 1.29 is 4.74 Å². The predicted octanol–water partition coefficient (Wildman–Crippen LogP) is 2.89. The molecule has 0 aliphatic rings. The van der Waals surface area contributed by atoms with E-state index in [1.807, 2.05) is 20.9 Å². The fourth-order valence-electron chi connectivity index (χ4n) is 2.44. The highest BCUT2D eigenvalue weighted by Gasteiger charge is 2.15. The molecule has 0 unspecified atom stereocenters. The SMILES string of the molecule is CCc1nc(NC)c(C)c(OCCN(C(C)C)C(C)C)n1. The molecule has 120 valence electrons. The number of hydrogen-bond donors (Lipinski definition) is 1. The molecule has 0 atom stereocenters. The van der Waals surface area contributed by atoms with Gasteiger partial charge in [-0.05, 0) is 34.6 Å². The molecule has 0 saturated carbocycles. The molecule has 5 heteroatoms. The molecule has 0 spiro atoms. The first-order chi connectivity index (χ1) is 9.90. The Hall–Kier alpha value is -1.36. The van der Waals surface area contributed by atoms with Crippen LogP contribution in [0, 0.1) is 6.92 Å². The lowest BCUT2D eigenvalue weighted by molar-refractivity contribution is 0.139. The molecule has 0 aliphatic carbocycles. The first kappa shape index (κ1) is 17.7. The van der Waals surface area contributed by atoms with E-state index >= 15 is 0 Å². The van der Waals surface area contributed by atoms with Gasteiger partial charge in [-0.25, -0.2) is 4.98 Å². The van der Waals surface area contributed by atoms with Crippen molar-refractivity contribution in [2.24, 2.45) is 0 Å². The van der Waals surface area contributed by atoms with Crippen molar-refractivity contribution in [3.8, 4) is 5.88 Å². The van der Waals surface area contributed by atoms with Crippen LogP contribution in [0.2, 0.25) is 0 Å². The topological polar surface area (TPSA) is 50.3 Å². The van der Waals surface area contributed by atoms with E-state index in [0.717, 1.165) is 30.2 Å². The van der Waals surface area contributed by atoms with E-state index < -0.39 is 0 Å². The van der Waals surface area contributed by atoms with Crippen molar-refractivity contribution in [3.05, 3.63) is 11.4 Å². The quantitative estimate of drug-likeness (QED) is 0.799. The minimum atomic E-state index is 0.513. The van der Waals surface area contributed by atoms with Crippen LogP contribution >= 0.6 is 0 Å². The lowest BCUT2D eigenvalue weighted by atomic mass is 10.2. The maximum absolute atomic E-state index is 5.92. The Labute approximate surface area is 129 Å². The van der Waals surface area contributed by atoms with Gasteiger partial charge in [0.2, 0.25) is 5.88 Å². The number of hydrogen-bond acceptors (Lipinski definition) is 5. The van der Waals surface area contributed by atoms with Crippen molar-refractivity contribution in [2.45, 2.75) is 60.0 Å². The molecule has 0 radical (unpaired) electrons. The summed E-state index contributed by atoms with van der Waals surface area (Å²) in [5, 5.41) is 3.10. The molecular formula is C16H30N4O. The van der Waals surface area contributed by atoms with Gasteiger partial charge in [-0.15, -0.1) is 0 Å². The van der Waals surface area contributed by atoms with Gasteiger partial charge in [0.25, 0.3) is 0 Å². The molecule has 0 amide bonds. The van der Waals surface area contributed by atoms with Crippen molar-refractivity contribution in [3.63, 3.8) is 0 Å². The van der Waals surface area contributed by atoms with E-state index in [1.54, 1.807) is 0 Å². The Balaban J connectivity index is 2.75. The third kappa shape index (κ3) is 4.84. The van der Waals surface area contributed by atoms with Crippen LogP contribution in [-0.2, 0) is 6.42 Å². The van der Waals surface area contributed by atoms with E-state index in [9.17, 15) is 0 Å². The third-order valence-electron chi connectivity index (χ3n) is 3.62. The molecule has 1 heterocycles. The average molecular weight is 294 g/mol. The second-order valence-electron chi connectivity index (χ2n) is 5.80. The van der Waals surface area contributed by atoms with Gasteiger partial charge >= 0.3 is 0 Å². The van der Waals surface area contributed by atoms with Gasteiger partial charge in [-0.2, -0.15) is 4.98 Å². The molecule has 0 aliphatic heterocycles. The number of aryl methyl sites for hydroxylation is 1. The highest BCUT2D eigenvalue weighted by atomic mass is 16.5. The van der Waals surface area contributed by atoms with Gasteiger partial charge in [0.1, 0.15) is 18.2 Å². The summed E-state index contributed by atoms with van der Waals surface area (Å²) in [5.41, 5.74) is 0.968. The van der Waals surface area contributed by atoms with Crippen LogP contribution in [0.25, 0.3) is 0 Å². The smallest absolute Gasteiger partial charge is 0.221 e. The monoisotopic (exact) mass is 294 g/mol. The van der Waals surface area contributed by atoms with E-state index in [4.69, 9.17) is 4.74 Å². The van der Waals surface area contributed by atoms with Gasteiger partial charge < -0.3 is 10.1 Å². The Bertz CT molecular complexity index is 438. The summed E-state index contributed by atoms with van der Waals surface area (Å²) >= 11 is 0. The molecule has 0 aromatic carbocycles. The zero-order valence-electron chi connectivity index (χ0n) is 14.5. The molecule has 1 rings (SSSR count). The molecule has 0 saturated heterocycles. The minimum Gasteiger partial charge on any atom is -0.476 e. The Morgan fingerprint density at radius 3 is 2.24 bits per heavy atom. The van der Waals surface area contributed by atoms with Gasteiger partial charge in [0.05, 0.1) is 5.56 Å². The van der Waals surface area contributed by atoms with Crippen molar-refractivity contribution >= 4 is 5.82 Å². The fraction of sp³-hybridized carbons (Fsp3) is 0.750. The van der Waals surface area contributed by atoms with Crippen molar-refractivity contribution in [1.82, 2.24) is 14.9 Å². The number of nitrogens with zero attached hydrogens (tertiary/aromatic N) is 3. The van der Waals surface area contributed by atoms with Crippen LogP contribution in [0.1, 0.15) is 46.0 Å². The summed E-state index contributed by atoms with van der Waals surface area (Å²) in [7, 11) is 1.87. The number of aromatic nitrogens is 2. The number of anilines is 1. The molecule has 21 heavy (non-hydrogen) atoms. The summed E-state index contributed by atoms with van der Waals surface area (Å²) in [6, 6.07) is 1.03. The van der Waals surface area contributed by atoms with Crippen molar-refractivity contribution in [1.29, 1.82) is 0 Å². The van der Waals surface area contributed by atoms with Crippen LogP contribution in [-0.4, -0.2) is 47.2 Å². The van der Waals surface area contributed by atoms with Crippen molar-refractivity contribution in [2.75, 3.05) is 25.5 Å². The van der Waals surface area contributed by atoms with Gasteiger partial charge in [-0.1, -0.05) is 6.92 Å². The largest absolute Gasteiger partial charge is 0.476 e. The molecule has 5 nitrogen and oxygen atoms in total. The zero-order chi connectivity index (χ0) is 16.0. The number of ether oxygens (including phenoxy) is 1. The number of nitrogens with one attached hydrogen (secondary N) is 1. The van der Waals surface area contributed by atoms with E-state index in [-0.39, 0.29) is 0 Å². The Morgan fingerprint density at radius 2 is 1.76 bits per heavy atom. The minimum absolute atomic E-state index is 0.513. The molecule has 1 aromatic rings. The predicted molar refractivity (Wildman–Crippen MR) is 88.2 cm³/mol. The molecule has 0 fully saturated rings. The maximum atomic E-state index is 5.92. The number of rotatable bonds is 8. The third-order valence-corrected chi connectivity index (χ3v) is 3.62. The Kier molecular flexibility index (Phi) is 6.89. The molecule has 1 aromatic heterocycles. The summed E-state index contributed by atoms with van der Waals surface area (Å²) in [4.78, 5) is 11.4. The first-order valence-electron chi connectivity index (χ1n) is 7.84. The average Bonchev–Trinajstić information content (AvgIpc) is 2.44. The van der Waals surface area contributed by atoms with Gasteiger partial charge in [-0.3, -0.25) is 4.90 Å². The Morgan fingerprint density at radius 1 is 1.14 bits per heavy atom. The molecular weight excluding hydrogens is 264 g/mol. The zero-order valence-corrected chi connectivity index (χ0v) is 14.5. The van der Waals surface area contributed by atoms with E-state index in [2.05, 4.69) is 47.9 Å². The summed E-state index contributed by atoms with van der Waals surface area (Å²) < 4.78 is 5.92. The van der Waals surface area contributed by atoms with Crippen LogP contribution in [0.15, 0.2) is 0 Å². The lowest BCUT2D eigenvalue weighted by Gasteiger charge is -2.30. The van der Waals surface area contributed by atoms with Crippen LogP contribution in [0.4, 0.5) is 5.82 Å². The summed E-state index contributed by atoms with van der Waals surface area (Å²) in [5.74, 6) is 2.35. The molecule has 0 bridgehead atoms. The van der Waals surface area contributed by atoms with Crippen LogP contribution in [0.5, 0.6) is 5.88 Å². The summed E-state index contributed by atoms with van der Waals surface area (Å²) in [6.45, 7) is 14.4. The van der Waals surface area contributed by atoms with Gasteiger partial charge in [0.15, 0.2) is 0 Å².